The van der Waals surface area contributed by atoms with E-state index < -0.39 is 0 Å². The molecule has 0 fully saturated rings. The molecule has 0 aliphatic heterocycles. The van der Waals surface area contributed by atoms with E-state index in [1.54, 1.807) is 22.3 Å². The van der Waals surface area contributed by atoms with Crippen molar-refractivity contribution in [3.8, 4) is 5.82 Å². The molecule has 3 aromatic rings. The fourth-order valence-electron chi connectivity index (χ4n) is 1.47. The Morgan fingerprint density at radius 3 is 3.00 bits per heavy atom. The smallest absolute Gasteiger partial charge is 0.174 e. The molecular formula is C10H8N4S. The maximum atomic E-state index is 4.34. The zero-order valence-electron chi connectivity index (χ0n) is 8.08. The SMILES string of the molecule is Cc1ccn(-c2ncnc3ccsc23)n1. The highest BCUT2D eigenvalue weighted by Gasteiger charge is 2.07. The minimum absolute atomic E-state index is 0.850. The molecule has 4 nitrogen and oxygen atoms in total. The van der Waals surface area contributed by atoms with Crippen molar-refractivity contribution in [3.63, 3.8) is 0 Å². The van der Waals surface area contributed by atoms with Crippen LogP contribution in [0.5, 0.6) is 0 Å². The summed E-state index contributed by atoms with van der Waals surface area (Å²) >= 11 is 1.63. The summed E-state index contributed by atoms with van der Waals surface area (Å²) in [5.74, 6) is 0.850. The summed E-state index contributed by atoms with van der Waals surface area (Å²) in [5, 5.41) is 6.36. The Labute approximate surface area is 90.2 Å². The highest BCUT2D eigenvalue weighted by atomic mass is 32.1. The van der Waals surface area contributed by atoms with Gasteiger partial charge in [-0.1, -0.05) is 0 Å². The number of aromatic nitrogens is 4. The first kappa shape index (κ1) is 8.55. The van der Waals surface area contributed by atoms with Crippen molar-refractivity contribution in [1.29, 1.82) is 0 Å². The van der Waals surface area contributed by atoms with Crippen molar-refractivity contribution < 1.29 is 0 Å². The third kappa shape index (κ3) is 1.32. The molecule has 3 heterocycles. The van der Waals surface area contributed by atoms with Gasteiger partial charge in [0.2, 0.25) is 0 Å². The average Bonchev–Trinajstić information content (AvgIpc) is 2.84. The molecular weight excluding hydrogens is 208 g/mol. The zero-order valence-corrected chi connectivity index (χ0v) is 8.90. The Morgan fingerprint density at radius 1 is 1.27 bits per heavy atom. The maximum Gasteiger partial charge on any atom is 0.174 e. The lowest BCUT2D eigenvalue weighted by molar-refractivity contribution is 0.838. The van der Waals surface area contributed by atoms with Gasteiger partial charge in [0.05, 0.1) is 15.9 Å². The molecule has 0 amide bonds. The van der Waals surface area contributed by atoms with Gasteiger partial charge in [0.25, 0.3) is 0 Å². The third-order valence-electron chi connectivity index (χ3n) is 2.16. The fraction of sp³-hybridized carbons (Fsp3) is 0.100. The van der Waals surface area contributed by atoms with Gasteiger partial charge in [0.15, 0.2) is 5.82 Å². The number of nitrogens with zero attached hydrogens (tertiary/aromatic N) is 4. The zero-order chi connectivity index (χ0) is 10.3. The van der Waals surface area contributed by atoms with Crippen molar-refractivity contribution in [1.82, 2.24) is 19.7 Å². The summed E-state index contributed by atoms with van der Waals surface area (Å²) in [5.41, 5.74) is 1.96. The van der Waals surface area contributed by atoms with E-state index in [4.69, 9.17) is 0 Å². The molecule has 74 valence electrons. The van der Waals surface area contributed by atoms with Crippen LogP contribution in [0.4, 0.5) is 0 Å². The van der Waals surface area contributed by atoms with E-state index in [9.17, 15) is 0 Å². The van der Waals surface area contributed by atoms with E-state index in [1.807, 2.05) is 30.6 Å². The Bertz CT molecular complexity index is 610. The number of fused-ring (bicyclic) bond motifs is 1. The Balaban J connectivity index is 2.30. The first-order chi connectivity index (χ1) is 7.34. The summed E-state index contributed by atoms with van der Waals surface area (Å²) in [6, 6.07) is 3.95. The Hall–Kier alpha value is -1.75. The quantitative estimate of drug-likeness (QED) is 0.626. The van der Waals surface area contributed by atoms with Crippen molar-refractivity contribution in [2.75, 3.05) is 0 Å². The number of hydrogen-bond donors (Lipinski definition) is 0. The summed E-state index contributed by atoms with van der Waals surface area (Å²) in [7, 11) is 0. The van der Waals surface area contributed by atoms with Gasteiger partial charge in [-0.2, -0.15) is 5.10 Å². The largest absolute Gasteiger partial charge is 0.235 e. The standard InChI is InChI=1S/C10H8N4S/c1-7-2-4-14(13-7)10-9-8(3-5-15-9)11-6-12-10/h2-6H,1H3. The molecule has 3 rings (SSSR count). The van der Waals surface area contributed by atoms with Crippen LogP contribution in [-0.2, 0) is 0 Å². The molecule has 0 radical (unpaired) electrons. The highest BCUT2D eigenvalue weighted by Crippen LogP contribution is 2.23. The molecule has 0 saturated carbocycles. The number of hydrogen-bond acceptors (Lipinski definition) is 4. The van der Waals surface area contributed by atoms with E-state index in [2.05, 4.69) is 15.1 Å². The summed E-state index contributed by atoms with van der Waals surface area (Å²) < 4.78 is 2.86. The maximum absolute atomic E-state index is 4.34. The predicted molar refractivity (Wildman–Crippen MR) is 59.3 cm³/mol. The van der Waals surface area contributed by atoms with E-state index in [1.165, 1.54) is 0 Å². The molecule has 0 aromatic carbocycles. The van der Waals surface area contributed by atoms with Crippen LogP contribution in [-0.4, -0.2) is 19.7 Å². The van der Waals surface area contributed by atoms with Crippen LogP contribution < -0.4 is 0 Å². The predicted octanol–water partition coefficient (Wildman–Crippen LogP) is 2.19. The van der Waals surface area contributed by atoms with Gasteiger partial charge in [-0.25, -0.2) is 14.6 Å². The van der Waals surface area contributed by atoms with E-state index in [-0.39, 0.29) is 0 Å². The van der Waals surface area contributed by atoms with Gasteiger partial charge in [0.1, 0.15) is 6.33 Å². The third-order valence-corrected chi connectivity index (χ3v) is 3.06. The van der Waals surface area contributed by atoms with Gasteiger partial charge in [-0.05, 0) is 24.4 Å². The summed E-state index contributed by atoms with van der Waals surface area (Å²) in [6.07, 6.45) is 3.48. The van der Waals surface area contributed by atoms with Gasteiger partial charge in [-0.15, -0.1) is 11.3 Å². The lowest BCUT2D eigenvalue weighted by Gasteiger charge is -2.00. The van der Waals surface area contributed by atoms with Crippen LogP contribution in [0.1, 0.15) is 5.69 Å². The lowest BCUT2D eigenvalue weighted by Crippen LogP contribution is -1.98. The van der Waals surface area contributed by atoms with E-state index in [0.717, 1.165) is 21.7 Å². The van der Waals surface area contributed by atoms with Gasteiger partial charge >= 0.3 is 0 Å². The average molecular weight is 216 g/mol. The van der Waals surface area contributed by atoms with E-state index >= 15 is 0 Å². The molecule has 0 bridgehead atoms. The Morgan fingerprint density at radius 2 is 2.20 bits per heavy atom. The van der Waals surface area contributed by atoms with E-state index in [0.29, 0.717) is 0 Å². The van der Waals surface area contributed by atoms with Crippen molar-refractivity contribution in [3.05, 3.63) is 35.7 Å². The normalized spacial score (nSPS) is 11.0. The first-order valence-electron chi connectivity index (χ1n) is 4.55. The molecule has 0 N–H and O–H groups in total. The summed E-state index contributed by atoms with van der Waals surface area (Å²) in [4.78, 5) is 8.45. The lowest BCUT2D eigenvalue weighted by atomic mass is 10.4. The van der Waals surface area contributed by atoms with Crippen molar-refractivity contribution in [2.24, 2.45) is 0 Å². The van der Waals surface area contributed by atoms with Crippen LogP contribution in [0, 0.1) is 6.92 Å². The molecule has 0 atom stereocenters. The number of rotatable bonds is 1. The van der Waals surface area contributed by atoms with Crippen LogP contribution in [0.3, 0.4) is 0 Å². The highest BCUT2D eigenvalue weighted by molar-refractivity contribution is 7.17. The van der Waals surface area contributed by atoms with Gasteiger partial charge in [0, 0.05) is 6.20 Å². The second-order valence-electron chi connectivity index (χ2n) is 3.23. The van der Waals surface area contributed by atoms with Crippen LogP contribution >= 0.6 is 11.3 Å². The van der Waals surface area contributed by atoms with Crippen LogP contribution in [0.15, 0.2) is 30.0 Å². The Kier molecular flexibility index (Phi) is 1.78. The molecule has 0 aliphatic carbocycles. The fourth-order valence-corrected chi connectivity index (χ4v) is 2.30. The minimum Gasteiger partial charge on any atom is -0.235 e. The molecule has 0 saturated heterocycles. The first-order valence-corrected chi connectivity index (χ1v) is 5.43. The topological polar surface area (TPSA) is 43.6 Å². The monoisotopic (exact) mass is 216 g/mol. The van der Waals surface area contributed by atoms with Crippen molar-refractivity contribution in [2.45, 2.75) is 6.92 Å². The van der Waals surface area contributed by atoms with Crippen LogP contribution in [0.25, 0.3) is 16.0 Å². The molecule has 5 heteroatoms. The van der Waals surface area contributed by atoms with Crippen molar-refractivity contribution >= 4 is 21.6 Å². The second-order valence-corrected chi connectivity index (χ2v) is 4.15. The molecule has 0 aliphatic rings. The van der Waals surface area contributed by atoms with Gasteiger partial charge in [-0.3, -0.25) is 0 Å². The summed E-state index contributed by atoms with van der Waals surface area (Å²) in [6.45, 7) is 1.96. The molecule has 15 heavy (non-hydrogen) atoms. The molecule has 0 spiro atoms. The van der Waals surface area contributed by atoms with Crippen LogP contribution in [0.2, 0.25) is 0 Å². The molecule has 0 unspecified atom stereocenters. The minimum atomic E-state index is 0.850. The number of aryl methyl sites for hydroxylation is 1. The number of thiophene rings is 1. The second kappa shape index (κ2) is 3.13. The molecule has 3 aromatic heterocycles. The van der Waals surface area contributed by atoms with Gasteiger partial charge < -0.3 is 0 Å².